The Balaban J connectivity index is 1.35. The maximum atomic E-state index is 12.3. The number of carbonyl (C=O) groups is 2. The fraction of sp³-hybridized carbons (Fsp3) is 0.238. The van der Waals surface area contributed by atoms with Gasteiger partial charge in [-0.3, -0.25) is 19.1 Å². The van der Waals surface area contributed by atoms with Crippen LogP contribution in [0.15, 0.2) is 59.5 Å². The van der Waals surface area contributed by atoms with Gasteiger partial charge in [-0.1, -0.05) is 12.1 Å². The fourth-order valence-electron chi connectivity index (χ4n) is 3.00. The van der Waals surface area contributed by atoms with Gasteiger partial charge in [0, 0.05) is 29.1 Å². The number of nitrogens with one attached hydrogen (secondary N) is 2. The number of hydrogen-bond acceptors (Lipinski definition) is 4. The molecule has 1 aromatic heterocycles. The zero-order chi connectivity index (χ0) is 19.5. The SMILES string of the molecule is O=C(CCn1ncc(=O)c2ccccc21)Nc1ccc(NC(=O)C2CC2)cc1. The van der Waals surface area contributed by atoms with Gasteiger partial charge in [0.25, 0.3) is 0 Å². The molecule has 3 aromatic rings. The van der Waals surface area contributed by atoms with Crippen LogP contribution in [0.3, 0.4) is 0 Å². The van der Waals surface area contributed by atoms with E-state index < -0.39 is 0 Å². The molecule has 1 aliphatic carbocycles. The molecule has 7 heteroatoms. The smallest absolute Gasteiger partial charge is 0.227 e. The molecule has 142 valence electrons. The summed E-state index contributed by atoms with van der Waals surface area (Å²) in [6.45, 7) is 0.363. The number of nitrogens with zero attached hydrogens (tertiary/aromatic N) is 2. The third-order valence-electron chi connectivity index (χ3n) is 4.70. The van der Waals surface area contributed by atoms with Gasteiger partial charge >= 0.3 is 0 Å². The molecule has 1 aliphatic rings. The molecule has 2 N–H and O–H groups in total. The van der Waals surface area contributed by atoms with Crippen molar-refractivity contribution in [3.05, 3.63) is 65.0 Å². The Kier molecular flexibility index (Phi) is 4.89. The zero-order valence-electron chi connectivity index (χ0n) is 15.2. The van der Waals surface area contributed by atoms with Crippen molar-refractivity contribution in [2.45, 2.75) is 25.8 Å². The lowest BCUT2D eigenvalue weighted by Crippen LogP contribution is -2.18. The molecule has 0 bridgehead atoms. The Bertz CT molecular complexity index is 1080. The first-order chi connectivity index (χ1) is 13.6. The minimum absolute atomic E-state index is 0.0534. The molecule has 0 aliphatic heterocycles. The van der Waals surface area contributed by atoms with E-state index in [1.807, 2.05) is 12.1 Å². The molecule has 0 spiro atoms. The zero-order valence-corrected chi connectivity index (χ0v) is 15.2. The number of hydrogen-bond donors (Lipinski definition) is 2. The quantitative estimate of drug-likeness (QED) is 0.692. The molecule has 7 nitrogen and oxygen atoms in total. The summed E-state index contributed by atoms with van der Waals surface area (Å²) in [5.74, 6) is 0.0502. The number of fused-ring (bicyclic) bond motifs is 1. The number of aryl methyl sites for hydroxylation is 1. The molecule has 1 heterocycles. The van der Waals surface area contributed by atoms with Crippen molar-refractivity contribution >= 4 is 34.1 Å². The molecule has 0 radical (unpaired) electrons. The number of para-hydroxylation sites is 1. The number of carbonyl (C=O) groups excluding carboxylic acids is 2. The highest BCUT2D eigenvalue weighted by atomic mass is 16.2. The Morgan fingerprint density at radius 1 is 1.00 bits per heavy atom. The van der Waals surface area contributed by atoms with Gasteiger partial charge in [0.15, 0.2) is 0 Å². The van der Waals surface area contributed by atoms with Crippen LogP contribution in [0, 0.1) is 5.92 Å². The number of anilines is 2. The van der Waals surface area contributed by atoms with Crippen LogP contribution in [0.2, 0.25) is 0 Å². The summed E-state index contributed by atoms with van der Waals surface area (Å²) in [4.78, 5) is 35.9. The normalized spacial score (nSPS) is 13.3. The molecular weight excluding hydrogens is 356 g/mol. The largest absolute Gasteiger partial charge is 0.326 e. The first-order valence-corrected chi connectivity index (χ1v) is 9.26. The average molecular weight is 376 g/mol. The molecular formula is C21H20N4O3. The summed E-state index contributed by atoms with van der Waals surface area (Å²) in [7, 11) is 0. The van der Waals surface area contributed by atoms with Crippen molar-refractivity contribution in [3.63, 3.8) is 0 Å². The van der Waals surface area contributed by atoms with E-state index in [9.17, 15) is 14.4 Å². The number of benzene rings is 2. The van der Waals surface area contributed by atoms with Crippen LogP contribution in [0.25, 0.3) is 10.9 Å². The molecule has 1 fully saturated rings. The van der Waals surface area contributed by atoms with E-state index in [1.165, 1.54) is 6.20 Å². The van der Waals surface area contributed by atoms with Crippen LogP contribution in [-0.4, -0.2) is 21.6 Å². The van der Waals surface area contributed by atoms with Crippen molar-refractivity contribution in [1.82, 2.24) is 9.78 Å². The van der Waals surface area contributed by atoms with Gasteiger partial charge in [-0.2, -0.15) is 5.10 Å². The first-order valence-electron chi connectivity index (χ1n) is 9.26. The van der Waals surface area contributed by atoms with Crippen molar-refractivity contribution in [1.29, 1.82) is 0 Å². The Morgan fingerprint density at radius 3 is 2.39 bits per heavy atom. The van der Waals surface area contributed by atoms with Crippen LogP contribution >= 0.6 is 0 Å². The second-order valence-electron chi connectivity index (χ2n) is 6.89. The van der Waals surface area contributed by atoms with E-state index in [1.54, 1.807) is 41.1 Å². The third kappa shape index (κ3) is 4.09. The van der Waals surface area contributed by atoms with Crippen LogP contribution in [0.1, 0.15) is 19.3 Å². The van der Waals surface area contributed by atoms with Gasteiger partial charge < -0.3 is 10.6 Å². The predicted molar refractivity (Wildman–Crippen MR) is 107 cm³/mol. The van der Waals surface area contributed by atoms with Gasteiger partial charge in [0.1, 0.15) is 0 Å². The summed E-state index contributed by atoms with van der Waals surface area (Å²) < 4.78 is 1.66. The summed E-state index contributed by atoms with van der Waals surface area (Å²) >= 11 is 0. The van der Waals surface area contributed by atoms with E-state index >= 15 is 0 Å². The monoisotopic (exact) mass is 376 g/mol. The maximum Gasteiger partial charge on any atom is 0.227 e. The summed E-state index contributed by atoms with van der Waals surface area (Å²) in [5.41, 5.74) is 1.95. The van der Waals surface area contributed by atoms with E-state index in [4.69, 9.17) is 0 Å². The molecule has 2 amide bonds. The summed E-state index contributed by atoms with van der Waals surface area (Å²) in [6, 6.07) is 14.3. The Hall–Kier alpha value is -3.48. The lowest BCUT2D eigenvalue weighted by atomic mass is 10.2. The highest BCUT2D eigenvalue weighted by Crippen LogP contribution is 2.30. The Morgan fingerprint density at radius 2 is 1.68 bits per heavy atom. The van der Waals surface area contributed by atoms with Gasteiger partial charge in [0.05, 0.1) is 18.3 Å². The molecule has 4 rings (SSSR count). The van der Waals surface area contributed by atoms with Crippen LogP contribution in [0.4, 0.5) is 11.4 Å². The standard InChI is InChI=1S/C21H20N4O3/c26-19-13-22-25(18-4-2-1-3-17(18)19)12-11-20(27)23-15-7-9-16(10-8-15)24-21(28)14-5-6-14/h1-4,7-10,13-14H,5-6,11-12H2,(H,23,27)(H,24,28). The predicted octanol–water partition coefficient (Wildman–Crippen LogP) is 2.77. The lowest BCUT2D eigenvalue weighted by Gasteiger charge is -2.10. The van der Waals surface area contributed by atoms with E-state index in [0.29, 0.717) is 23.1 Å². The molecule has 0 unspecified atom stereocenters. The highest BCUT2D eigenvalue weighted by molar-refractivity contribution is 5.95. The molecule has 1 saturated carbocycles. The van der Waals surface area contributed by atoms with E-state index in [0.717, 1.165) is 18.5 Å². The maximum absolute atomic E-state index is 12.3. The topological polar surface area (TPSA) is 93.1 Å². The van der Waals surface area contributed by atoms with Gasteiger partial charge in [0.2, 0.25) is 17.2 Å². The summed E-state index contributed by atoms with van der Waals surface area (Å²) in [5, 5.41) is 10.4. The van der Waals surface area contributed by atoms with E-state index in [2.05, 4.69) is 15.7 Å². The molecule has 28 heavy (non-hydrogen) atoms. The van der Waals surface area contributed by atoms with Gasteiger partial charge in [-0.15, -0.1) is 0 Å². The first kappa shape index (κ1) is 17.9. The second-order valence-corrected chi connectivity index (χ2v) is 6.89. The molecule has 0 saturated heterocycles. The van der Waals surface area contributed by atoms with Crippen molar-refractivity contribution in [2.75, 3.05) is 10.6 Å². The van der Waals surface area contributed by atoms with Crippen molar-refractivity contribution in [3.8, 4) is 0 Å². The van der Waals surface area contributed by atoms with E-state index in [-0.39, 0.29) is 29.6 Å². The van der Waals surface area contributed by atoms with Crippen LogP contribution < -0.4 is 16.1 Å². The Labute approximate surface area is 161 Å². The highest BCUT2D eigenvalue weighted by Gasteiger charge is 2.29. The summed E-state index contributed by atoms with van der Waals surface area (Å²) in [6.07, 6.45) is 3.41. The van der Waals surface area contributed by atoms with Crippen molar-refractivity contribution < 1.29 is 9.59 Å². The van der Waals surface area contributed by atoms with Crippen molar-refractivity contribution in [2.24, 2.45) is 5.92 Å². The van der Waals surface area contributed by atoms with Crippen LogP contribution in [0.5, 0.6) is 0 Å². The molecule has 0 atom stereocenters. The minimum Gasteiger partial charge on any atom is -0.326 e. The third-order valence-corrected chi connectivity index (χ3v) is 4.70. The number of aromatic nitrogens is 2. The average Bonchev–Trinajstić information content (AvgIpc) is 3.55. The van der Waals surface area contributed by atoms with Gasteiger partial charge in [-0.05, 0) is 49.2 Å². The van der Waals surface area contributed by atoms with Crippen LogP contribution in [-0.2, 0) is 16.1 Å². The molecule has 2 aromatic carbocycles. The second kappa shape index (κ2) is 7.64. The number of amides is 2. The minimum atomic E-state index is -0.153. The van der Waals surface area contributed by atoms with Gasteiger partial charge in [-0.25, -0.2) is 0 Å². The fourth-order valence-corrected chi connectivity index (χ4v) is 3.00. The lowest BCUT2D eigenvalue weighted by molar-refractivity contribution is -0.117. The number of rotatable bonds is 6.